The largest absolute Gasteiger partial charge is 0.335 e. The van der Waals surface area contributed by atoms with Gasteiger partial charge in [-0.3, -0.25) is 0 Å². The molecule has 6 aromatic rings. The Kier molecular flexibility index (Phi) is 5.52. The topological polar surface area (TPSA) is 4.93 Å². The quantitative estimate of drug-likeness (QED) is 0.212. The van der Waals surface area contributed by atoms with E-state index >= 15 is 0 Å². The standard InChI is InChI=1S/C38H35N/c1-4-24-37(3,5-2)39-35-23-15-13-21-30(35)32-25-31-29-20-12-14-22-33(29)38(34(31)26-36(32)39,27-16-8-6-9-17-27)28-18-10-7-11-19-28/h6-23,25-26H,4-5,24H2,1-3H3. The van der Waals surface area contributed by atoms with Crippen LogP contribution in [0.2, 0.25) is 0 Å². The Morgan fingerprint density at radius 3 is 1.87 bits per heavy atom. The summed E-state index contributed by atoms with van der Waals surface area (Å²) < 4.78 is 2.67. The average Bonchev–Trinajstić information content (AvgIpc) is 3.48. The molecule has 7 rings (SSSR count). The zero-order valence-electron chi connectivity index (χ0n) is 23.1. The minimum Gasteiger partial charge on any atom is -0.335 e. The van der Waals surface area contributed by atoms with Crippen LogP contribution in [0.4, 0.5) is 0 Å². The number of hydrogen-bond donors (Lipinski definition) is 0. The van der Waals surface area contributed by atoms with Gasteiger partial charge in [0.1, 0.15) is 0 Å². The molecule has 1 aliphatic carbocycles. The normalized spacial score (nSPS) is 15.3. The number of fused-ring (bicyclic) bond motifs is 6. The maximum Gasteiger partial charge on any atom is 0.0714 e. The van der Waals surface area contributed by atoms with Crippen LogP contribution in [0.5, 0.6) is 0 Å². The van der Waals surface area contributed by atoms with Gasteiger partial charge in [0, 0.05) is 27.3 Å². The highest BCUT2D eigenvalue weighted by atomic mass is 15.1. The summed E-state index contributed by atoms with van der Waals surface area (Å²) in [5.41, 5.74) is 10.4. The molecule has 192 valence electrons. The van der Waals surface area contributed by atoms with Crippen molar-refractivity contribution in [1.82, 2.24) is 4.57 Å². The Morgan fingerprint density at radius 2 is 1.21 bits per heavy atom. The molecule has 1 atom stereocenters. The number of nitrogens with zero attached hydrogens (tertiary/aromatic N) is 1. The summed E-state index contributed by atoms with van der Waals surface area (Å²) >= 11 is 0. The molecule has 1 heteroatoms. The fourth-order valence-electron chi connectivity index (χ4n) is 7.47. The molecule has 1 aliphatic rings. The Balaban J connectivity index is 1.68. The van der Waals surface area contributed by atoms with Gasteiger partial charge in [-0.15, -0.1) is 0 Å². The minimum atomic E-state index is -0.378. The third-order valence-corrected chi connectivity index (χ3v) is 9.34. The van der Waals surface area contributed by atoms with Gasteiger partial charge in [-0.2, -0.15) is 0 Å². The monoisotopic (exact) mass is 505 g/mol. The summed E-state index contributed by atoms with van der Waals surface area (Å²) in [6.45, 7) is 7.11. The zero-order chi connectivity index (χ0) is 26.6. The lowest BCUT2D eigenvalue weighted by Gasteiger charge is -2.35. The predicted molar refractivity (Wildman–Crippen MR) is 166 cm³/mol. The number of aromatic nitrogens is 1. The first-order chi connectivity index (χ1) is 19.1. The van der Waals surface area contributed by atoms with Crippen LogP contribution >= 0.6 is 0 Å². The SMILES string of the molecule is CCCC(C)(CC)n1c2ccccc2c2cc3c(cc21)C(c1ccccc1)(c1ccccc1)c1ccccc1-3. The summed E-state index contributed by atoms with van der Waals surface area (Å²) in [7, 11) is 0. The number of para-hydroxylation sites is 1. The molecule has 39 heavy (non-hydrogen) atoms. The maximum atomic E-state index is 2.67. The Bertz CT molecular complexity index is 1770. The molecule has 0 aliphatic heterocycles. The molecule has 1 nitrogen and oxygen atoms in total. The minimum absolute atomic E-state index is 0.0396. The van der Waals surface area contributed by atoms with Crippen LogP contribution < -0.4 is 0 Å². The fourth-order valence-corrected chi connectivity index (χ4v) is 7.47. The Hall–Kier alpha value is -4.10. The second-order valence-electron chi connectivity index (χ2n) is 11.4. The van der Waals surface area contributed by atoms with Crippen molar-refractivity contribution >= 4 is 21.8 Å². The summed E-state index contributed by atoms with van der Waals surface area (Å²) in [6.07, 6.45) is 3.40. The van der Waals surface area contributed by atoms with E-state index in [-0.39, 0.29) is 11.0 Å². The van der Waals surface area contributed by atoms with Gasteiger partial charge in [0.25, 0.3) is 0 Å². The van der Waals surface area contributed by atoms with Crippen LogP contribution in [0, 0.1) is 0 Å². The van der Waals surface area contributed by atoms with Crippen LogP contribution in [-0.2, 0) is 11.0 Å². The van der Waals surface area contributed by atoms with Gasteiger partial charge in [0.2, 0.25) is 0 Å². The molecule has 1 heterocycles. The van der Waals surface area contributed by atoms with Crippen molar-refractivity contribution in [3.05, 3.63) is 144 Å². The molecular formula is C38H35N. The van der Waals surface area contributed by atoms with E-state index in [0.717, 1.165) is 19.3 Å². The summed E-state index contributed by atoms with van der Waals surface area (Å²) in [5.74, 6) is 0. The van der Waals surface area contributed by atoms with Gasteiger partial charge < -0.3 is 4.57 Å². The predicted octanol–water partition coefficient (Wildman–Crippen LogP) is 10.1. The van der Waals surface area contributed by atoms with E-state index in [9.17, 15) is 0 Å². The van der Waals surface area contributed by atoms with E-state index < -0.39 is 0 Å². The second-order valence-corrected chi connectivity index (χ2v) is 11.4. The van der Waals surface area contributed by atoms with Crippen molar-refractivity contribution in [3.63, 3.8) is 0 Å². The van der Waals surface area contributed by atoms with Crippen LogP contribution in [0.15, 0.2) is 121 Å². The first-order valence-electron chi connectivity index (χ1n) is 14.4. The van der Waals surface area contributed by atoms with E-state index in [2.05, 4.69) is 147 Å². The maximum absolute atomic E-state index is 2.67. The highest BCUT2D eigenvalue weighted by molar-refractivity contribution is 6.11. The van der Waals surface area contributed by atoms with Crippen LogP contribution in [0.1, 0.15) is 62.3 Å². The molecule has 0 saturated heterocycles. The van der Waals surface area contributed by atoms with Crippen LogP contribution in [-0.4, -0.2) is 4.57 Å². The Morgan fingerprint density at radius 1 is 0.590 bits per heavy atom. The molecule has 0 saturated carbocycles. The number of hydrogen-bond acceptors (Lipinski definition) is 0. The lowest BCUT2D eigenvalue weighted by atomic mass is 9.67. The molecule has 0 fully saturated rings. The van der Waals surface area contributed by atoms with Crippen molar-refractivity contribution in [2.75, 3.05) is 0 Å². The van der Waals surface area contributed by atoms with Crippen molar-refractivity contribution < 1.29 is 0 Å². The van der Waals surface area contributed by atoms with Gasteiger partial charge in [-0.25, -0.2) is 0 Å². The molecule has 0 spiro atoms. The molecular weight excluding hydrogens is 470 g/mol. The number of benzene rings is 5. The van der Waals surface area contributed by atoms with Gasteiger partial charge in [0.05, 0.1) is 5.41 Å². The lowest BCUT2D eigenvalue weighted by molar-refractivity contribution is 0.296. The summed E-state index contributed by atoms with van der Waals surface area (Å²) in [4.78, 5) is 0. The third kappa shape index (κ3) is 3.26. The fraction of sp³-hybridized carbons (Fsp3) is 0.211. The summed E-state index contributed by atoms with van der Waals surface area (Å²) in [5, 5.41) is 2.70. The van der Waals surface area contributed by atoms with E-state index in [1.807, 2.05) is 0 Å². The van der Waals surface area contributed by atoms with Crippen molar-refractivity contribution in [1.29, 1.82) is 0 Å². The molecule has 0 radical (unpaired) electrons. The van der Waals surface area contributed by atoms with E-state index in [1.165, 1.54) is 55.2 Å². The van der Waals surface area contributed by atoms with Crippen LogP contribution in [0.25, 0.3) is 32.9 Å². The van der Waals surface area contributed by atoms with E-state index in [1.54, 1.807) is 0 Å². The number of rotatable bonds is 6. The highest BCUT2D eigenvalue weighted by Gasteiger charge is 2.46. The molecule has 5 aromatic carbocycles. The Labute approximate surface area is 231 Å². The van der Waals surface area contributed by atoms with Gasteiger partial charge >= 0.3 is 0 Å². The lowest BCUT2D eigenvalue weighted by Crippen LogP contribution is -2.30. The average molecular weight is 506 g/mol. The van der Waals surface area contributed by atoms with E-state index in [0.29, 0.717) is 0 Å². The zero-order valence-corrected chi connectivity index (χ0v) is 23.1. The van der Waals surface area contributed by atoms with E-state index in [4.69, 9.17) is 0 Å². The molecule has 0 bridgehead atoms. The van der Waals surface area contributed by atoms with Crippen molar-refractivity contribution in [2.45, 2.75) is 51.0 Å². The van der Waals surface area contributed by atoms with Crippen molar-refractivity contribution in [3.8, 4) is 11.1 Å². The third-order valence-electron chi connectivity index (χ3n) is 9.34. The second kappa shape index (κ2) is 8.99. The first-order valence-corrected chi connectivity index (χ1v) is 14.4. The first kappa shape index (κ1) is 24.0. The van der Waals surface area contributed by atoms with Gasteiger partial charge in [0.15, 0.2) is 0 Å². The molecule has 0 N–H and O–H groups in total. The van der Waals surface area contributed by atoms with Crippen molar-refractivity contribution in [2.24, 2.45) is 0 Å². The van der Waals surface area contributed by atoms with Crippen LogP contribution in [0.3, 0.4) is 0 Å². The molecule has 0 amide bonds. The smallest absolute Gasteiger partial charge is 0.0714 e. The summed E-state index contributed by atoms with van der Waals surface area (Å²) in [6, 6.07) is 45.4. The highest BCUT2D eigenvalue weighted by Crippen LogP contribution is 2.57. The molecule has 1 unspecified atom stereocenters. The van der Waals surface area contributed by atoms with Gasteiger partial charge in [-0.05, 0) is 71.3 Å². The van der Waals surface area contributed by atoms with Gasteiger partial charge in [-0.1, -0.05) is 123 Å². The molecule has 1 aromatic heterocycles.